The van der Waals surface area contributed by atoms with Crippen LogP contribution in [-0.2, 0) is 22.7 Å². The fraction of sp³-hybridized carbons (Fsp3) is 0.310. The highest BCUT2D eigenvalue weighted by Crippen LogP contribution is 2.26. The van der Waals surface area contributed by atoms with Crippen LogP contribution in [0.4, 0.5) is 0 Å². The van der Waals surface area contributed by atoms with Gasteiger partial charge in [0.05, 0.1) is 12.6 Å². The number of nitrogens with one attached hydrogen (secondary N) is 1. The second kappa shape index (κ2) is 12.2. The summed E-state index contributed by atoms with van der Waals surface area (Å²) in [4.78, 5) is 29.2. The third-order valence-electron chi connectivity index (χ3n) is 6.23. The van der Waals surface area contributed by atoms with Crippen molar-refractivity contribution in [3.8, 4) is 5.75 Å². The minimum absolute atomic E-state index is 0.0424. The van der Waals surface area contributed by atoms with Crippen molar-refractivity contribution in [3.05, 3.63) is 90.0 Å². The van der Waals surface area contributed by atoms with Gasteiger partial charge in [0.2, 0.25) is 11.8 Å². The summed E-state index contributed by atoms with van der Waals surface area (Å²) in [5, 5.41) is 11.4. The van der Waals surface area contributed by atoms with Crippen molar-refractivity contribution in [3.63, 3.8) is 0 Å². The molecule has 0 fully saturated rings. The molecular weight excluding hydrogens is 466 g/mol. The Balaban J connectivity index is 1.70. The number of rotatable bonds is 11. The van der Waals surface area contributed by atoms with E-state index in [-0.39, 0.29) is 24.9 Å². The van der Waals surface area contributed by atoms with Crippen LogP contribution < -0.4 is 10.1 Å². The van der Waals surface area contributed by atoms with Gasteiger partial charge < -0.3 is 15.0 Å². The molecule has 0 aliphatic rings. The van der Waals surface area contributed by atoms with E-state index in [1.54, 1.807) is 28.8 Å². The highest BCUT2D eigenvalue weighted by Gasteiger charge is 2.32. The lowest BCUT2D eigenvalue weighted by molar-refractivity contribution is -0.142. The average molecular weight is 500 g/mol. The van der Waals surface area contributed by atoms with Crippen molar-refractivity contribution in [2.24, 2.45) is 5.92 Å². The molecule has 4 aromatic rings. The number of para-hydroxylation sites is 1. The standard InChI is InChI=1S/C29H33N5O3/c1-21(2)17-18-30-29(36)28(23-13-15-24(37-3)16-14-23)33(19-22-9-5-4-6-10-22)27(35)20-34-26-12-8-7-11-25(26)31-32-34/h4-16,21,28H,17-20H2,1-3H3,(H,30,36). The van der Waals surface area contributed by atoms with Crippen molar-refractivity contribution in [2.45, 2.75) is 39.4 Å². The van der Waals surface area contributed by atoms with Crippen LogP contribution >= 0.6 is 0 Å². The Labute approximate surface area is 217 Å². The topological polar surface area (TPSA) is 89.4 Å². The Bertz CT molecular complexity index is 1320. The summed E-state index contributed by atoms with van der Waals surface area (Å²) in [6.45, 7) is 4.98. The predicted octanol–water partition coefficient (Wildman–Crippen LogP) is 4.37. The van der Waals surface area contributed by atoms with Gasteiger partial charge in [0.25, 0.3) is 0 Å². The Hall–Kier alpha value is -4.20. The molecule has 4 rings (SSSR count). The Morgan fingerprint density at radius 1 is 0.973 bits per heavy atom. The summed E-state index contributed by atoms with van der Waals surface area (Å²) in [5.74, 6) is 0.665. The molecule has 0 aliphatic heterocycles. The van der Waals surface area contributed by atoms with Crippen molar-refractivity contribution >= 4 is 22.8 Å². The molecule has 8 heteroatoms. The van der Waals surface area contributed by atoms with Gasteiger partial charge in [-0.3, -0.25) is 9.59 Å². The first-order valence-electron chi connectivity index (χ1n) is 12.5. The Morgan fingerprint density at radius 3 is 2.38 bits per heavy atom. The van der Waals surface area contributed by atoms with Crippen LogP contribution in [0.5, 0.6) is 5.75 Å². The molecule has 0 bridgehead atoms. The summed E-state index contributed by atoms with van der Waals surface area (Å²) >= 11 is 0. The number of hydrogen-bond donors (Lipinski definition) is 1. The van der Waals surface area contributed by atoms with Gasteiger partial charge >= 0.3 is 0 Å². The van der Waals surface area contributed by atoms with Gasteiger partial charge in [-0.15, -0.1) is 5.10 Å². The van der Waals surface area contributed by atoms with Crippen LogP contribution in [0.2, 0.25) is 0 Å². The molecule has 1 heterocycles. The fourth-order valence-corrected chi connectivity index (χ4v) is 4.20. The van der Waals surface area contributed by atoms with Crippen molar-refractivity contribution < 1.29 is 14.3 Å². The minimum Gasteiger partial charge on any atom is -0.497 e. The zero-order chi connectivity index (χ0) is 26.2. The normalized spacial score (nSPS) is 11.9. The molecule has 0 radical (unpaired) electrons. The molecule has 0 saturated carbocycles. The van der Waals surface area contributed by atoms with Crippen LogP contribution in [0.15, 0.2) is 78.9 Å². The minimum atomic E-state index is -0.833. The molecule has 0 spiro atoms. The third-order valence-corrected chi connectivity index (χ3v) is 6.23. The first-order chi connectivity index (χ1) is 18.0. The molecule has 1 aromatic heterocycles. The lowest BCUT2D eigenvalue weighted by Gasteiger charge is -2.32. The van der Waals surface area contributed by atoms with Gasteiger partial charge in [0, 0.05) is 13.1 Å². The van der Waals surface area contributed by atoms with Gasteiger partial charge in [-0.2, -0.15) is 0 Å². The summed E-state index contributed by atoms with van der Waals surface area (Å²) in [7, 11) is 1.60. The number of carbonyl (C=O) groups excluding carboxylic acids is 2. The second-order valence-electron chi connectivity index (χ2n) is 9.39. The number of fused-ring (bicyclic) bond motifs is 1. The van der Waals surface area contributed by atoms with Gasteiger partial charge in [-0.1, -0.05) is 73.7 Å². The monoisotopic (exact) mass is 499 g/mol. The van der Waals surface area contributed by atoms with E-state index >= 15 is 0 Å². The summed E-state index contributed by atoms with van der Waals surface area (Å²) < 4.78 is 6.90. The Morgan fingerprint density at radius 2 is 1.68 bits per heavy atom. The third kappa shape index (κ3) is 6.52. The van der Waals surface area contributed by atoms with E-state index in [2.05, 4.69) is 29.5 Å². The van der Waals surface area contributed by atoms with E-state index in [9.17, 15) is 9.59 Å². The number of methoxy groups -OCH3 is 1. The molecule has 3 aromatic carbocycles. The number of carbonyl (C=O) groups is 2. The molecule has 37 heavy (non-hydrogen) atoms. The summed E-state index contributed by atoms with van der Waals surface area (Å²) in [6, 6.07) is 23.6. The molecule has 0 saturated heterocycles. The first-order valence-corrected chi connectivity index (χ1v) is 12.5. The maximum Gasteiger partial charge on any atom is 0.247 e. The van der Waals surface area contributed by atoms with Crippen molar-refractivity contribution in [1.29, 1.82) is 0 Å². The number of hydrogen-bond acceptors (Lipinski definition) is 5. The fourth-order valence-electron chi connectivity index (χ4n) is 4.20. The van der Waals surface area contributed by atoms with Crippen LogP contribution in [0, 0.1) is 5.92 Å². The maximum absolute atomic E-state index is 13.9. The molecule has 8 nitrogen and oxygen atoms in total. The van der Waals surface area contributed by atoms with Crippen LogP contribution in [0.3, 0.4) is 0 Å². The number of ether oxygens (including phenoxy) is 1. The molecular formula is C29H33N5O3. The van der Waals surface area contributed by atoms with Gasteiger partial charge in [-0.25, -0.2) is 4.68 Å². The van der Waals surface area contributed by atoms with E-state index in [0.29, 0.717) is 29.3 Å². The van der Waals surface area contributed by atoms with Crippen molar-refractivity contribution in [1.82, 2.24) is 25.2 Å². The summed E-state index contributed by atoms with van der Waals surface area (Å²) in [6.07, 6.45) is 0.846. The molecule has 2 amide bonds. The zero-order valence-corrected chi connectivity index (χ0v) is 21.5. The molecule has 1 unspecified atom stereocenters. The summed E-state index contributed by atoms with van der Waals surface area (Å²) in [5.41, 5.74) is 3.10. The van der Waals surface area contributed by atoms with Crippen LogP contribution in [-0.4, -0.2) is 45.4 Å². The van der Waals surface area contributed by atoms with Gasteiger partial charge in [-0.05, 0) is 47.7 Å². The smallest absolute Gasteiger partial charge is 0.247 e. The number of nitrogens with zero attached hydrogens (tertiary/aromatic N) is 4. The Kier molecular flexibility index (Phi) is 8.51. The lowest BCUT2D eigenvalue weighted by atomic mass is 10.0. The van der Waals surface area contributed by atoms with Crippen LogP contribution in [0.25, 0.3) is 11.0 Å². The quantitative estimate of drug-likeness (QED) is 0.331. The largest absolute Gasteiger partial charge is 0.497 e. The predicted molar refractivity (Wildman–Crippen MR) is 143 cm³/mol. The van der Waals surface area contributed by atoms with Gasteiger partial charge in [0.15, 0.2) is 0 Å². The van der Waals surface area contributed by atoms with Gasteiger partial charge in [0.1, 0.15) is 23.9 Å². The van der Waals surface area contributed by atoms with E-state index in [0.717, 1.165) is 17.5 Å². The van der Waals surface area contributed by atoms with E-state index in [1.165, 1.54) is 0 Å². The molecule has 1 N–H and O–H groups in total. The van der Waals surface area contributed by atoms with E-state index in [1.807, 2.05) is 66.7 Å². The molecule has 1 atom stereocenters. The number of aromatic nitrogens is 3. The second-order valence-corrected chi connectivity index (χ2v) is 9.39. The highest BCUT2D eigenvalue weighted by atomic mass is 16.5. The lowest BCUT2D eigenvalue weighted by Crippen LogP contribution is -2.45. The first kappa shape index (κ1) is 25.9. The van der Waals surface area contributed by atoms with Crippen molar-refractivity contribution in [2.75, 3.05) is 13.7 Å². The molecule has 0 aliphatic carbocycles. The SMILES string of the molecule is COc1ccc(C(C(=O)NCCC(C)C)N(Cc2ccccc2)C(=O)Cn2nnc3ccccc32)cc1. The van der Waals surface area contributed by atoms with Crippen LogP contribution in [0.1, 0.15) is 37.4 Å². The average Bonchev–Trinajstić information content (AvgIpc) is 3.31. The number of amides is 2. The zero-order valence-electron chi connectivity index (χ0n) is 21.5. The highest BCUT2D eigenvalue weighted by molar-refractivity contribution is 5.89. The van der Waals surface area contributed by atoms with E-state index in [4.69, 9.17) is 4.74 Å². The van der Waals surface area contributed by atoms with E-state index < -0.39 is 6.04 Å². The maximum atomic E-state index is 13.9. The molecule has 192 valence electrons. The number of benzene rings is 3.